The Morgan fingerprint density at radius 3 is 2.75 bits per heavy atom. The number of rotatable bonds is 3. The Bertz CT molecular complexity index is 380. The molecule has 2 rings (SSSR count). The van der Waals surface area contributed by atoms with Crippen LogP contribution in [0, 0.1) is 0 Å². The summed E-state index contributed by atoms with van der Waals surface area (Å²) in [6.45, 7) is 1.00. The predicted octanol–water partition coefficient (Wildman–Crippen LogP) is 1.51. The van der Waals surface area contributed by atoms with Gasteiger partial charge in [0.05, 0.1) is 12.6 Å². The maximum absolute atomic E-state index is 11.5. The van der Waals surface area contributed by atoms with Crippen LogP contribution in [0.1, 0.15) is 11.6 Å². The number of aliphatic hydroxyl groups excluding tert-OH is 1. The zero-order valence-corrected chi connectivity index (χ0v) is 10.3. The highest BCUT2D eigenvalue weighted by Gasteiger charge is 2.28. The van der Waals surface area contributed by atoms with Crippen molar-refractivity contribution < 1.29 is 9.90 Å². The average molecular weight is 285 g/mol. The first-order valence-corrected chi connectivity index (χ1v) is 5.92. The van der Waals surface area contributed by atoms with E-state index in [4.69, 9.17) is 5.11 Å². The standard InChI is InChI=1S/C11H13BrN2O2/c12-9-3-1-8(2-4-9)10-7-14(5-6-15)11(16)13-10/h1-4,10,15H,5-7H2,(H,13,16). The third-order valence-electron chi connectivity index (χ3n) is 2.63. The van der Waals surface area contributed by atoms with Gasteiger partial charge < -0.3 is 15.3 Å². The van der Waals surface area contributed by atoms with Gasteiger partial charge in [-0.2, -0.15) is 0 Å². The van der Waals surface area contributed by atoms with Crippen molar-refractivity contribution in [1.82, 2.24) is 10.2 Å². The maximum Gasteiger partial charge on any atom is 0.318 e. The molecule has 86 valence electrons. The minimum Gasteiger partial charge on any atom is -0.395 e. The van der Waals surface area contributed by atoms with E-state index < -0.39 is 0 Å². The molecule has 0 spiro atoms. The number of urea groups is 1. The van der Waals surface area contributed by atoms with Crippen molar-refractivity contribution in [2.24, 2.45) is 0 Å². The Morgan fingerprint density at radius 2 is 2.12 bits per heavy atom. The van der Waals surface area contributed by atoms with Crippen LogP contribution in [0.4, 0.5) is 4.79 Å². The van der Waals surface area contributed by atoms with Crippen molar-refractivity contribution in [1.29, 1.82) is 0 Å². The lowest BCUT2D eigenvalue weighted by atomic mass is 10.1. The number of aliphatic hydroxyl groups is 1. The topological polar surface area (TPSA) is 52.6 Å². The van der Waals surface area contributed by atoms with Crippen molar-refractivity contribution in [2.45, 2.75) is 6.04 Å². The maximum atomic E-state index is 11.5. The zero-order valence-electron chi connectivity index (χ0n) is 8.69. The highest BCUT2D eigenvalue weighted by Crippen LogP contribution is 2.21. The molecule has 1 aliphatic rings. The monoisotopic (exact) mass is 284 g/mol. The Labute approximate surface area is 102 Å². The molecule has 0 saturated carbocycles. The van der Waals surface area contributed by atoms with Gasteiger partial charge in [0, 0.05) is 17.6 Å². The number of carbonyl (C=O) groups is 1. The normalized spacial score (nSPS) is 20.0. The van der Waals surface area contributed by atoms with E-state index in [9.17, 15) is 4.79 Å². The fraction of sp³-hybridized carbons (Fsp3) is 0.364. The summed E-state index contributed by atoms with van der Waals surface area (Å²) in [6, 6.07) is 7.79. The van der Waals surface area contributed by atoms with Crippen LogP contribution in [0.3, 0.4) is 0 Å². The molecule has 16 heavy (non-hydrogen) atoms. The van der Waals surface area contributed by atoms with Gasteiger partial charge in [-0.3, -0.25) is 0 Å². The molecule has 1 aromatic rings. The van der Waals surface area contributed by atoms with E-state index in [2.05, 4.69) is 21.2 Å². The number of hydrogen-bond acceptors (Lipinski definition) is 2. The van der Waals surface area contributed by atoms with Crippen LogP contribution in [0.15, 0.2) is 28.7 Å². The number of nitrogens with zero attached hydrogens (tertiary/aromatic N) is 1. The summed E-state index contributed by atoms with van der Waals surface area (Å²) in [5.41, 5.74) is 1.08. The molecule has 0 bridgehead atoms. The molecule has 0 aliphatic carbocycles. The van der Waals surface area contributed by atoms with Crippen LogP contribution in [-0.4, -0.2) is 35.7 Å². The molecule has 1 aliphatic heterocycles. The van der Waals surface area contributed by atoms with Crippen LogP contribution in [0.25, 0.3) is 0 Å². The van der Waals surface area contributed by atoms with Gasteiger partial charge in [-0.15, -0.1) is 0 Å². The molecule has 1 unspecified atom stereocenters. The first-order chi connectivity index (χ1) is 7.70. The second-order valence-corrected chi connectivity index (χ2v) is 4.64. The van der Waals surface area contributed by atoms with Crippen molar-refractivity contribution in [3.05, 3.63) is 34.3 Å². The molecule has 2 amide bonds. The van der Waals surface area contributed by atoms with E-state index in [-0.39, 0.29) is 18.7 Å². The summed E-state index contributed by atoms with van der Waals surface area (Å²) in [5.74, 6) is 0. The van der Waals surface area contributed by atoms with E-state index in [1.165, 1.54) is 0 Å². The quantitative estimate of drug-likeness (QED) is 0.884. The summed E-state index contributed by atoms with van der Waals surface area (Å²) in [5, 5.41) is 11.7. The molecular formula is C11H13BrN2O2. The molecule has 1 saturated heterocycles. The molecular weight excluding hydrogens is 272 g/mol. The highest BCUT2D eigenvalue weighted by molar-refractivity contribution is 9.10. The Morgan fingerprint density at radius 1 is 1.44 bits per heavy atom. The number of carbonyl (C=O) groups excluding carboxylic acids is 1. The molecule has 2 N–H and O–H groups in total. The largest absolute Gasteiger partial charge is 0.395 e. The number of amides is 2. The molecule has 0 aromatic heterocycles. The van der Waals surface area contributed by atoms with Crippen LogP contribution in [-0.2, 0) is 0 Å². The van der Waals surface area contributed by atoms with Gasteiger partial charge in [0.25, 0.3) is 0 Å². The summed E-state index contributed by atoms with van der Waals surface area (Å²) >= 11 is 3.37. The van der Waals surface area contributed by atoms with Gasteiger partial charge in [-0.25, -0.2) is 4.79 Å². The lowest BCUT2D eigenvalue weighted by Gasteiger charge is -2.12. The zero-order chi connectivity index (χ0) is 11.5. The summed E-state index contributed by atoms with van der Waals surface area (Å²) < 4.78 is 1.02. The van der Waals surface area contributed by atoms with Gasteiger partial charge in [-0.05, 0) is 17.7 Å². The van der Waals surface area contributed by atoms with Crippen LogP contribution < -0.4 is 5.32 Å². The minimum absolute atomic E-state index is 0.000474. The number of hydrogen-bond donors (Lipinski definition) is 2. The molecule has 5 heteroatoms. The number of halogens is 1. The SMILES string of the molecule is O=C1NC(c2ccc(Br)cc2)CN1CCO. The third-order valence-corrected chi connectivity index (χ3v) is 3.16. The van der Waals surface area contributed by atoms with Crippen molar-refractivity contribution in [3.8, 4) is 0 Å². The van der Waals surface area contributed by atoms with Crippen LogP contribution in [0.5, 0.6) is 0 Å². The Kier molecular flexibility index (Phi) is 3.46. The highest BCUT2D eigenvalue weighted by atomic mass is 79.9. The summed E-state index contributed by atoms with van der Waals surface area (Å²) in [6.07, 6.45) is 0. The number of nitrogens with one attached hydrogen (secondary N) is 1. The van der Waals surface area contributed by atoms with E-state index >= 15 is 0 Å². The van der Waals surface area contributed by atoms with E-state index in [0.717, 1.165) is 10.0 Å². The fourth-order valence-corrected chi connectivity index (χ4v) is 2.05. The lowest BCUT2D eigenvalue weighted by Crippen LogP contribution is -2.30. The van der Waals surface area contributed by atoms with Crippen LogP contribution in [0.2, 0.25) is 0 Å². The van der Waals surface area contributed by atoms with E-state index in [1.54, 1.807) is 4.90 Å². The van der Waals surface area contributed by atoms with Gasteiger partial charge in [0.15, 0.2) is 0 Å². The van der Waals surface area contributed by atoms with Gasteiger partial charge in [0.2, 0.25) is 0 Å². The summed E-state index contributed by atoms with van der Waals surface area (Å²) in [7, 11) is 0. The van der Waals surface area contributed by atoms with Crippen molar-refractivity contribution >= 4 is 22.0 Å². The summed E-state index contributed by atoms with van der Waals surface area (Å²) in [4.78, 5) is 13.1. The number of benzene rings is 1. The second kappa shape index (κ2) is 4.84. The molecule has 1 fully saturated rings. The minimum atomic E-state index is -0.109. The Hall–Kier alpha value is -1.07. The van der Waals surface area contributed by atoms with Gasteiger partial charge >= 0.3 is 6.03 Å². The van der Waals surface area contributed by atoms with E-state index in [0.29, 0.717) is 13.1 Å². The lowest BCUT2D eigenvalue weighted by molar-refractivity contribution is 0.196. The smallest absolute Gasteiger partial charge is 0.318 e. The fourth-order valence-electron chi connectivity index (χ4n) is 1.79. The average Bonchev–Trinajstić information content (AvgIpc) is 2.62. The first-order valence-electron chi connectivity index (χ1n) is 5.12. The van der Waals surface area contributed by atoms with Gasteiger partial charge in [0.1, 0.15) is 0 Å². The third kappa shape index (κ3) is 2.36. The Balaban J connectivity index is 2.07. The van der Waals surface area contributed by atoms with Crippen molar-refractivity contribution in [2.75, 3.05) is 19.7 Å². The molecule has 1 heterocycles. The predicted molar refractivity (Wildman–Crippen MR) is 64.1 cm³/mol. The van der Waals surface area contributed by atoms with Gasteiger partial charge in [-0.1, -0.05) is 28.1 Å². The molecule has 4 nitrogen and oxygen atoms in total. The molecule has 1 atom stereocenters. The van der Waals surface area contributed by atoms with E-state index in [1.807, 2.05) is 24.3 Å². The second-order valence-electron chi connectivity index (χ2n) is 3.72. The van der Waals surface area contributed by atoms with Crippen LogP contribution >= 0.6 is 15.9 Å². The molecule has 0 radical (unpaired) electrons. The van der Waals surface area contributed by atoms with Crippen molar-refractivity contribution in [3.63, 3.8) is 0 Å². The first kappa shape index (κ1) is 11.4. The number of β-amino-alcohol motifs (C(OH)–C–C–N with tert-alkyl or cyclic N) is 1. The molecule has 1 aromatic carbocycles.